The number of H-pyrrole nitrogens is 2. The third-order valence-electron chi connectivity index (χ3n) is 3.99. The van der Waals surface area contributed by atoms with Crippen LogP contribution >= 0.6 is 12.2 Å². The standard InChI is InChI=1S/C18H19FN4OS/c1-23(13-6-3-2-4-7-13)9-5-8-20-17(24)14-10-12(19)11-15-16(14)22-18(25)21-15/h2-4,6-7,10-11H,5,8-9H2,1H3,(H,20,24)(H2,21,22,25). The van der Waals surface area contributed by atoms with Gasteiger partial charge >= 0.3 is 0 Å². The highest BCUT2D eigenvalue weighted by Crippen LogP contribution is 2.18. The zero-order valence-corrected chi connectivity index (χ0v) is 14.6. The lowest BCUT2D eigenvalue weighted by Gasteiger charge is -2.19. The van der Waals surface area contributed by atoms with E-state index in [0.29, 0.717) is 22.3 Å². The Morgan fingerprint density at radius 3 is 2.76 bits per heavy atom. The third kappa shape index (κ3) is 4.06. The largest absolute Gasteiger partial charge is 0.375 e. The van der Waals surface area contributed by atoms with Crippen molar-refractivity contribution in [2.75, 3.05) is 25.0 Å². The van der Waals surface area contributed by atoms with Gasteiger partial charge in [0.05, 0.1) is 16.6 Å². The minimum absolute atomic E-state index is 0.249. The Balaban J connectivity index is 1.59. The summed E-state index contributed by atoms with van der Waals surface area (Å²) >= 11 is 5.01. The molecule has 2 aromatic carbocycles. The van der Waals surface area contributed by atoms with Gasteiger partial charge < -0.3 is 20.2 Å². The van der Waals surface area contributed by atoms with Gasteiger partial charge in [0.1, 0.15) is 5.82 Å². The molecule has 0 aliphatic heterocycles. The molecule has 0 saturated carbocycles. The van der Waals surface area contributed by atoms with E-state index >= 15 is 0 Å². The molecule has 5 nitrogen and oxygen atoms in total. The van der Waals surface area contributed by atoms with Crippen LogP contribution in [-0.2, 0) is 0 Å². The first-order valence-corrected chi connectivity index (χ1v) is 8.41. The maximum Gasteiger partial charge on any atom is 0.253 e. The van der Waals surface area contributed by atoms with E-state index in [2.05, 4.69) is 20.2 Å². The number of nitrogens with one attached hydrogen (secondary N) is 3. The van der Waals surface area contributed by atoms with E-state index in [4.69, 9.17) is 12.2 Å². The minimum atomic E-state index is -0.480. The van der Waals surface area contributed by atoms with Gasteiger partial charge in [0, 0.05) is 25.8 Å². The molecule has 0 aliphatic carbocycles. The van der Waals surface area contributed by atoms with E-state index in [1.54, 1.807) is 0 Å². The lowest BCUT2D eigenvalue weighted by Crippen LogP contribution is -2.28. The van der Waals surface area contributed by atoms with E-state index in [-0.39, 0.29) is 11.5 Å². The number of imidazole rings is 1. The molecule has 0 atom stereocenters. The number of nitrogens with zero attached hydrogens (tertiary/aromatic N) is 1. The SMILES string of the molecule is CN(CCCNC(=O)c1cc(F)cc2[nH]c(=S)[nH]c12)c1ccccc1. The van der Waals surface area contributed by atoms with Crippen LogP contribution in [0.15, 0.2) is 42.5 Å². The molecule has 1 heterocycles. The van der Waals surface area contributed by atoms with Gasteiger partial charge in [-0.05, 0) is 42.9 Å². The summed E-state index contributed by atoms with van der Waals surface area (Å²) in [6.45, 7) is 1.30. The summed E-state index contributed by atoms with van der Waals surface area (Å²) in [6.07, 6.45) is 0.777. The van der Waals surface area contributed by atoms with Crippen molar-refractivity contribution < 1.29 is 9.18 Å². The summed E-state index contributed by atoms with van der Waals surface area (Å²) < 4.78 is 14.1. The summed E-state index contributed by atoms with van der Waals surface area (Å²) in [5, 5.41) is 2.83. The van der Waals surface area contributed by atoms with Gasteiger partial charge in [-0.3, -0.25) is 4.79 Å². The fraction of sp³-hybridized carbons (Fsp3) is 0.222. The van der Waals surface area contributed by atoms with Crippen molar-refractivity contribution in [3.8, 4) is 0 Å². The first-order chi connectivity index (χ1) is 12.0. The third-order valence-corrected chi connectivity index (χ3v) is 4.19. The molecule has 0 radical (unpaired) electrons. The molecule has 3 N–H and O–H groups in total. The van der Waals surface area contributed by atoms with Crippen molar-refractivity contribution in [3.63, 3.8) is 0 Å². The molecule has 130 valence electrons. The van der Waals surface area contributed by atoms with Crippen LogP contribution in [0.5, 0.6) is 0 Å². The molecule has 1 aromatic heterocycles. The first kappa shape index (κ1) is 17.2. The van der Waals surface area contributed by atoms with E-state index in [0.717, 1.165) is 18.7 Å². The number of amides is 1. The van der Waals surface area contributed by atoms with Crippen LogP contribution in [0.3, 0.4) is 0 Å². The monoisotopic (exact) mass is 358 g/mol. The number of carbonyl (C=O) groups is 1. The van der Waals surface area contributed by atoms with Gasteiger partial charge in [0.2, 0.25) is 0 Å². The summed E-state index contributed by atoms with van der Waals surface area (Å²) in [7, 11) is 2.01. The van der Waals surface area contributed by atoms with Crippen LogP contribution in [0.2, 0.25) is 0 Å². The summed E-state index contributed by atoms with van der Waals surface area (Å²) in [5.41, 5.74) is 2.38. The number of hydrogen-bond donors (Lipinski definition) is 3. The molecule has 25 heavy (non-hydrogen) atoms. The highest BCUT2D eigenvalue weighted by atomic mass is 32.1. The number of para-hydroxylation sites is 1. The number of halogens is 1. The molecule has 0 spiro atoms. The molecule has 0 aliphatic rings. The predicted octanol–water partition coefficient (Wildman–Crippen LogP) is 3.62. The Labute approximate surface area is 149 Å². The van der Waals surface area contributed by atoms with Gasteiger partial charge in [-0.25, -0.2) is 4.39 Å². The molecule has 0 unspecified atom stereocenters. The van der Waals surface area contributed by atoms with Crippen molar-refractivity contribution in [1.82, 2.24) is 15.3 Å². The topological polar surface area (TPSA) is 63.9 Å². The lowest BCUT2D eigenvalue weighted by atomic mass is 10.1. The second kappa shape index (κ2) is 7.48. The number of rotatable bonds is 6. The Hall–Kier alpha value is -2.67. The van der Waals surface area contributed by atoms with Crippen LogP contribution in [0, 0.1) is 10.6 Å². The number of aromatic amines is 2. The van der Waals surface area contributed by atoms with Crippen molar-refractivity contribution in [2.45, 2.75) is 6.42 Å². The van der Waals surface area contributed by atoms with Crippen LogP contribution in [-0.4, -0.2) is 36.0 Å². The number of aromatic nitrogens is 2. The van der Waals surface area contributed by atoms with Gasteiger partial charge in [0.25, 0.3) is 5.91 Å². The summed E-state index contributed by atoms with van der Waals surface area (Å²) in [5.74, 6) is -0.802. The highest BCUT2D eigenvalue weighted by Gasteiger charge is 2.13. The zero-order valence-electron chi connectivity index (χ0n) is 13.8. The summed E-state index contributed by atoms with van der Waals surface area (Å²) in [4.78, 5) is 20.2. The molecule has 0 bridgehead atoms. The molecule has 7 heteroatoms. The number of benzene rings is 2. The van der Waals surface area contributed by atoms with Crippen LogP contribution in [0.4, 0.5) is 10.1 Å². The second-order valence-electron chi connectivity index (χ2n) is 5.82. The minimum Gasteiger partial charge on any atom is -0.375 e. The van der Waals surface area contributed by atoms with Crippen molar-refractivity contribution in [1.29, 1.82) is 0 Å². The average molecular weight is 358 g/mol. The van der Waals surface area contributed by atoms with Gasteiger partial charge in [-0.15, -0.1) is 0 Å². The number of carbonyl (C=O) groups excluding carboxylic acids is 1. The van der Waals surface area contributed by atoms with E-state index in [9.17, 15) is 9.18 Å². The number of hydrogen-bond acceptors (Lipinski definition) is 3. The molecule has 1 amide bonds. The number of anilines is 1. The zero-order chi connectivity index (χ0) is 17.8. The van der Waals surface area contributed by atoms with Crippen LogP contribution in [0.1, 0.15) is 16.8 Å². The smallest absolute Gasteiger partial charge is 0.253 e. The number of fused-ring (bicyclic) bond motifs is 1. The Morgan fingerprint density at radius 2 is 2.00 bits per heavy atom. The molecule has 3 aromatic rings. The molecule has 3 rings (SSSR count). The van der Waals surface area contributed by atoms with E-state index in [1.165, 1.54) is 12.1 Å². The van der Waals surface area contributed by atoms with Crippen molar-refractivity contribution in [2.24, 2.45) is 0 Å². The maximum atomic E-state index is 13.7. The second-order valence-corrected chi connectivity index (χ2v) is 6.23. The van der Waals surface area contributed by atoms with E-state index < -0.39 is 5.82 Å². The van der Waals surface area contributed by atoms with Gasteiger partial charge in [-0.1, -0.05) is 18.2 Å². The normalized spacial score (nSPS) is 10.8. The fourth-order valence-corrected chi connectivity index (χ4v) is 2.92. The van der Waals surface area contributed by atoms with Crippen molar-refractivity contribution >= 4 is 34.8 Å². The Bertz CT molecular complexity index is 935. The van der Waals surface area contributed by atoms with Crippen molar-refractivity contribution in [3.05, 3.63) is 58.6 Å². The quantitative estimate of drug-likeness (QED) is 0.466. The first-order valence-electron chi connectivity index (χ1n) is 8.00. The maximum absolute atomic E-state index is 13.7. The Kier molecular flexibility index (Phi) is 5.14. The average Bonchev–Trinajstić information content (AvgIpc) is 2.98. The van der Waals surface area contributed by atoms with Gasteiger partial charge in [-0.2, -0.15) is 0 Å². The van der Waals surface area contributed by atoms with Gasteiger partial charge in [0.15, 0.2) is 4.77 Å². The molecule has 0 fully saturated rings. The predicted molar refractivity (Wildman–Crippen MR) is 100 cm³/mol. The van der Waals surface area contributed by atoms with E-state index in [1.807, 2.05) is 37.4 Å². The molecular weight excluding hydrogens is 339 g/mol. The van der Waals surface area contributed by atoms with Crippen LogP contribution < -0.4 is 10.2 Å². The highest BCUT2D eigenvalue weighted by molar-refractivity contribution is 7.71. The molecular formula is C18H19FN4OS. The Morgan fingerprint density at radius 1 is 1.24 bits per heavy atom. The molecule has 0 saturated heterocycles. The summed E-state index contributed by atoms with van der Waals surface area (Å²) in [6, 6.07) is 12.6. The lowest BCUT2D eigenvalue weighted by molar-refractivity contribution is 0.0954. The van der Waals surface area contributed by atoms with Crippen LogP contribution in [0.25, 0.3) is 11.0 Å². The fourth-order valence-electron chi connectivity index (χ4n) is 2.71.